The second-order valence-corrected chi connectivity index (χ2v) is 6.94. The first kappa shape index (κ1) is 14.5. The smallest absolute Gasteiger partial charge is 0.242 e. The van der Waals surface area contributed by atoms with Crippen molar-refractivity contribution in [3.63, 3.8) is 0 Å². The summed E-state index contributed by atoms with van der Waals surface area (Å²) in [4.78, 5) is 19.6. The second-order valence-electron chi connectivity index (χ2n) is 4.88. The number of halogens is 1. The van der Waals surface area contributed by atoms with Crippen LogP contribution in [0, 0.1) is 0 Å². The van der Waals surface area contributed by atoms with E-state index in [0.29, 0.717) is 18.2 Å². The fraction of sp³-hybridized carbons (Fsp3) is 0.286. The van der Waals surface area contributed by atoms with Gasteiger partial charge in [0.05, 0.1) is 0 Å². The van der Waals surface area contributed by atoms with Crippen LogP contribution in [0.1, 0.15) is 16.5 Å². The Morgan fingerprint density at radius 3 is 2.86 bits per heavy atom. The molecular weight excluding hydrogens is 352 g/mol. The molecule has 3 N–H and O–H groups in total. The van der Waals surface area contributed by atoms with Crippen molar-refractivity contribution >= 4 is 38.3 Å². The first-order chi connectivity index (χ1) is 10.1. The summed E-state index contributed by atoms with van der Waals surface area (Å²) in [5, 5.41) is 3.50. The average molecular weight is 367 g/mol. The van der Waals surface area contributed by atoms with Crippen LogP contribution < -0.4 is 11.1 Å². The van der Waals surface area contributed by atoms with Gasteiger partial charge >= 0.3 is 0 Å². The van der Waals surface area contributed by atoms with Crippen molar-refractivity contribution in [1.29, 1.82) is 0 Å². The lowest BCUT2D eigenvalue weighted by Crippen LogP contribution is -2.49. The van der Waals surface area contributed by atoms with Crippen molar-refractivity contribution in [1.82, 2.24) is 15.2 Å². The molecule has 3 rings (SSSR count). The summed E-state index contributed by atoms with van der Waals surface area (Å²) < 4.78 is 1.00. The maximum atomic E-state index is 12.3. The third-order valence-corrected chi connectivity index (χ3v) is 4.77. The molecule has 5 nitrogen and oxygen atoms in total. The Balaban J connectivity index is 1.85. The average Bonchev–Trinajstić information content (AvgIpc) is 2.86. The van der Waals surface area contributed by atoms with Gasteiger partial charge in [-0.05, 0) is 17.7 Å². The molecule has 1 aromatic heterocycles. The fourth-order valence-corrected chi connectivity index (χ4v) is 3.46. The fourth-order valence-electron chi connectivity index (χ4n) is 2.49. The van der Waals surface area contributed by atoms with Crippen molar-refractivity contribution in [2.24, 2.45) is 0 Å². The van der Waals surface area contributed by atoms with E-state index < -0.39 is 0 Å². The van der Waals surface area contributed by atoms with E-state index in [1.807, 2.05) is 24.3 Å². The maximum absolute atomic E-state index is 12.3. The zero-order valence-corrected chi connectivity index (χ0v) is 13.7. The lowest BCUT2D eigenvalue weighted by molar-refractivity contribution is -0.129. The van der Waals surface area contributed by atoms with Crippen molar-refractivity contribution in [2.45, 2.75) is 12.6 Å². The van der Waals surface area contributed by atoms with Crippen molar-refractivity contribution < 1.29 is 4.79 Å². The predicted octanol–water partition coefficient (Wildman–Crippen LogP) is 2.16. The monoisotopic (exact) mass is 366 g/mol. The number of nitrogen functional groups attached to an aromatic ring is 1. The molecule has 1 unspecified atom stereocenters. The van der Waals surface area contributed by atoms with Gasteiger partial charge < -0.3 is 11.1 Å². The lowest BCUT2D eigenvalue weighted by atomic mass is 10.0. The Bertz CT molecular complexity index is 643. The second kappa shape index (κ2) is 6.13. The highest BCUT2D eigenvalue weighted by molar-refractivity contribution is 9.10. The first-order valence-electron chi connectivity index (χ1n) is 6.61. The summed E-state index contributed by atoms with van der Waals surface area (Å²) in [6, 6.07) is 7.61. The molecule has 2 heterocycles. The van der Waals surface area contributed by atoms with Crippen molar-refractivity contribution in [3.8, 4) is 0 Å². The Labute approximate surface area is 135 Å². The molecule has 110 valence electrons. The van der Waals surface area contributed by atoms with E-state index in [9.17, 15) is 4.79 Å². The maximum Gasteiger partial charge on any atom is 0.242 e. The van der Waals surface area contributed by atoms with Gasteiger partial charge in [0.1, 0.15) is 6.04 Å². The van der Waals surface area contributed by atoms with Crippen LogP contribution in [-0.2, 0) is 11.3 Å². The number of rotatable bonds is 3. The molecule has 0 saturated carbocycles. The number of benzene rings is 1. The highest BCUT2D eigenvalue weighted by Crippen LogP contribution is 2.28. The number of nitrogens with one attached hydrogen (secondary N) is 1. The molecular formula is C14H15BrN4OS. The largest absolute Gasteiger partial charge is 0.375 e. The molecule has 0 bridgehead atoms. The van der Waals surface area contributed by atoms with Gasteiger partial charge in [0.25, 0.3) is 0 Å². The standard InChI is InChI=1S/C14H15BrN4OS/c15-10-3-1-9(2-4-10)12-13(20)17-5-6-19(12)8-11-7-18-14(16)21-11/h1-4,7,12H,5-6,8H2,(H2,16,18)(H,17,20). The van der Waals surface area contributed by atoms with E-state index in [1.54, 1.807) is 6.20 Å². The number of carbonyl (C=O) groups excluding carboxylic acids is 1. The molecule has 1 amide bonds. The van der Waals surface area contributed by atoms with Gasteiger partial charge in [-0.25, -0.2) is 4.98 Å². The minimum atomic E-state index is -0.268. The molecule has 1 fully saturated rings. The number of hydrogen-bond donors (Lipinski definition) is 2. The molecule has 21 heavy (non-hydrogen) atoms. The van der Waals surface area contributed by atoms with Crippen LogP contribution in [0.5, 0.6) is 0 Å². The summed E-state index contributed by atoms with van der Waals surface area (Å²) in [5.41, 5.74) is 6.67. The highest BCUT2D eigenvalue weighted by atomic mass is 79.9. The number of amides is 1. The topological polar surface area (TPSA) is 71.2 Å². The van der Waals surface area contributed by atoms with E-state index >= 15 is 0 Å². The number of hydrogen-bond acceptors (Lipinski definition) is 5. The van der Waals surface area contributed by atoms with Crippen LogP contribution in [0.3, 0.4) is 0 Å². The molecule has 0 radical (unpaired) electrons. The van der Waals surface area contributed by atoms with Crippen LogP contribution >= 0.6 is 27.3 Å². The zero-order valence-electron chi connectivity index (χ0n) is 11.3. The van der Waals surface area contributed by atoms with Crippen LogP contribution in [0.15, 0.2) is 34.9 Å². The number of aromatic nitrogens is 1. The molecule has 0 spiro atoms. The Hall–Kier alpha value is -1.44. The van der Waals surface area contributed by atoms with Gasteiger partial charge in [0.2, 0.25) is 5.91 Å². The summed E-state index contributed by atoms with van der Waals surface area (Å²) in [5.74, 6) is 0.0426. The molecule has 1 atom stereocenters. The van der Waals surface area contributed by atoms with E-state index in [4.69, 9.17) is 5.73 Å². The Kier molecular flexibility index (Phi) is 4.23. The zero-order chi connectivity index (χ0) is 14.8. The molecule has 0 aliphatic carbocycles. The van der Waals surface area contributed by atoms with Crippen LogP contribution in [-0.4, -0.2) is 28.9 Å². The normalized spacial score (nSPS) is 19.5. The Morgan fingerprint density at radius 2 is 2.19 bits per heavy atom. The molecule has 1 aromatic carbocycles. The summed E-state index contributed by atoms with van der Waals surface area (Å²) in [7, 11) is 0. The molecule has 7 heteroatoms. The molecule has 1 saturated heterocycles. The number of thiazole rings is 1. The SMILES string of the molecule is Nc1ncc(CN2CCNC(=O)C2c2ccc(Br)cc2)s1. The van der Waals surface area contributed by atoms with Gasteiger partial charge in [-0.2, -0.15) is 0 Å². The Morgan fingerprint density at radius 1 is 1.43 bits per heavy atom. The number of nitrogens with two attached hydrogens (primary N) is 1. The van der Waals surface area contributed by atoms with Crippen molar-refractivity contribution in [2.75, 3.05) is 18.8 Å². The van der Waals surface area contributed by atoms with Crippen molar-refractivity contribution in [3.05, 3.63) is 45.4 Å². The predicted molar refractivity (Wildman–Crippen MR) is 86.8 cm³/mol. The number of anilines is 1. The molecule has 2 aromatic rings. The van der Waals surface area contributed by atoms with Gasteiger partial charge in [-0.3, -0.25) is 9.69 Å². The lowest BCUT2D eigenvalue weighted by Gasteiger charge is -2.34. The third-order valence-electron chi connectivity index (χ3n) is 3.43. The van der Waals surface area contributed by atoms with E-state index in [-0.39, 0.29) is 11.9 Å². The minimum absolute atomic E-state index is 0.0426. The third kappa shape index (κ3) is 3.25. The number of carbonyl (C=O) groups is 1. The quantitative estimate of drug-likeness (QED) is 0.872. The molecule has 1 aliphatic rings. The van der Waals surface area contributed by atoms with Crippen LogP contribution in [0.2, 0.25) is 0 Å². The minimum Gasteiger partial charge on any atom is -0.375 e. The highest BCUT2D eigenvalue weighted by Gasteiger charge is 2.31. The van der Waals surface area contributed by atoms with Gasteiger partial charge in [0, 0.05) is 35.2 Å². The summed E-state index contributed by atoms with van der Waals surface area (Å²) in [6.07, 6.45) is 1.78. The van der Waals surface area contributed by atoms with Gasteiger partial charge in [-0.15, -0.1) is 11.3 Å². The number of piperazine rings is 1. The summed E-state index contributed by atoms with van der Waals surface area (Å²) >= 11 is 4.89. The molecule has 1 aliphatic heterocycles. The van der Waals surface area contributed by atoms with E-state index in [0.717, 1.165) is 21.5 Å². The first-order valence-corrected chi connectivity index (χ1v) is 8.22. The van der Waals surface area contributed by atoms with Gasteiger partial charge in [-0.1, -0.05) is 28.1 Å². The van der Waals surface area contributed by atoms with E-state index in [1.165, 1.54) is 11.3 Å². The van der Waals surface area contributed by atoms with Crippen LogP contribution in [0.4, 0.5) is 5.13 Å². The number of nitrogens with zero attached hydrogens (tertiary/aromatic N) is 2. The summed E-state index contributed by atoms with van der Waals surface area (Å²) in [6.45, 7) is 2.16. The van der Waals surface area contributed by atoms with Gasteiger partial charge in [0.15, 0.2) is 5.13 Å². The van der Waals surface area contributed by atoms with Crippen LogP contribution in [0.25, 0.3) is 0 Å². The van der Waals surface area contributed by atoms with E-state index in [2.05, 4.69) is 31.1 Å².